The van der Waals surface area contributed by atoms with Crippen molar-refractivity contribution in [3.8, 4) is 0 Å². The van der Waals surface area contributed by atoms with Crippen LogP contribution >= 0.6 is 21.8 Å². The van der Waals surface area contributed by atoms with E-state index in [1.807, 2.05) is 4.31 Å². The Balaban J connectivity index is 2.32. The summed E-state index contributed by atoms with van der Waals surface area (Å²) in [5, 5.41) is 0. The van der Waals surface area contributed by atoms with Gasteiger partial charge in [-0.25, -0.2) is 0 Å². The van der Waals surface area contributed by atoms with E-state index in [0.717, 1.165) is 18.7 Å². The molecule has 5 heteroatoms. The van der Waals surface area contributed by atoms with E-state index in [-0.39, 0.29) is 5.91 Å². The van der Waals surface area contributed by atoms with Gasteiger partial charge in [0.05, 0.1) is 0 Å². The zero-order chi connectivity index (χ0) is 8.81. The molecule has 2 N–H and O–H groups in total. The number of hydrogen-bond donors (Lipinski definition) is 1. The van der Waals surface area contributed by atoms with Gasteiger partial charge in [-0.15, -0.1) is 0 Å². The van der Waals surface area contributed by atoms with Crippen LogP contribution < -0.4 is 5.73 Å². The summed E-state index contributed by atoms with van der Waals surface area (Å²) in [6, 6.07) is 0. The Bertz CT molecular complexity index is 146. The molecule has 1 fully saturated rings. The Morgan fingerprint density at radius 3 is 3.08 bits per heavy atom. The summed E-state index contributed by atoms with van der Waals surface area (Å²) >= 11 is 0. The van der Waals surface area contributed by atoms with E-state index in [4.69, 9.17) is 5.73 Å². The van der Waals surface area contributed by atoms with Crippen LogP contribution in [0.1, 0.15) is 19.3 Å². The highest BCUT2D eigenvalue weighted by Crippen LogP contribution is 2.30. The molecule has 0 atom stereocenters. The predicted molar refractivity (Wildman–Crippen MR) is 54.7 cm³/mol. The van der Waals surface area contributed by atoms with Gasteiger partial charge in [-0.1, -0.05) is 10.8 Å². The largest absolute Gasteiger partial charge is 0.330 e. The van der Waals surface area contributed by atoms with E-state index >= 15 is 0 Å². The van der Waals surface area contributed by atoms with Crippen LogP contribution in [0.2, 0.25) is 0 Å². The summed E-state index contributed by atoms with van der Waals surface area (Å²) in [7, 11) is 3.34. The lowest BCUT2D eigenvalue weighted by molar-refractivity contribution is -0.125. The number of carbonyl (C=O) groups is 1. The molecule has 0 saturated carbocycles. The summed E-state index contributed by atoms with van der Waals surface area (Å²) < 4.78 is 1.84. The van der Waals surface area contributed by atoms with Crippen molar-refractivity contribution in [1.29, 1.82) is 0 Å². The third-order valence-electron chi connectivity index (χ3n) is 1.62. The summed E-state index contributed by atoms with van der Waals surface area (Å²) in [6.45, 7) is 1.34. The van der Waals surface area contributed by atoms with Gasteiger partial charge in [0, 0.05) is 36.2 Å². The summed E-state index contributed by atoms with van der Waals surface area (Å²) in [5.41, 5.74) is 5.31. The highest BCUT2D eigenvalue weighted by Gasteiger charge is 2.15. The van der Waals surface area contributed by atoms with E-state index in [0.29, 0.717) is 13.0 Å². The SMILES string of the molecule is NCCC(=O)N1CCCCSS1. The van der Waals surface area contributed by atoms with Crippen molar-refractivity contribution < 1.29 is 4.79 Å². The smallest absolute Gasteiger partial charge is 0.234 e. The highest BCUT2D eigenvalue weighted by molar-refractivity contribution is 8.75. The minimum atomic E-state index is 0.178. The lowest BCUT2D eigenvalue weighted by Crippen LogP contribution is -2.25. The van der Waals surface area contributed by atoms with Gasteiger partial charge in [0.25, 0.3) is 0 Å². The Morgan fingerprint density at radius 2 is 2.33 bits per heavy atom. The minimum absolute atomic E-state index is 0.178. The molecule has 70 valence electrons. The summed E-state index contributed by atoms with van der Waals surface area (Å²) in [6.07, 6.45) is 2.81. The number of nitrogens with zero attached hydrogens (tertiary/aromatic N) is 1. The summed E-state index contributed by atoms with van der Waals surface area (Å²) in [5.74, 6) is 1.33. The number of amides is 1. The van der Waals surface area contributed by atoms with Crippen molar-refractivity contribution in [2.45, 2.75) is 19.3 Å². The van der Waals surface area contributed by atoms with Crippen molar-refractivity contribution >= 4 is 27.7 Å². The molecular formula is C7H14N2OS2. The third kappa shape index (κ3) is 3.25. The van der Waals surface area contributed by atoms with Crippen molar-refractivity contribution in [3.63, 3.8) is 0 Å². The fourth-order valence-corrected chi connectivity index (χ4v) is 3.30. The molecule has 12 heavy (non-hydrogen) atoms. The topological polar surface area (TPSA) is 46.3 Å². The van der Waals surface area contributed by atoms with Crippen molar-refractivity contribution in [2.75, 3.05) is 18.8 Å². The molecule has 0 aromatic rings. The molecular weight excluding hydrogens is 192 g/mol. The van der Waals surface area contributed by atoms with Gasteiger partial charge in [-0.3, -0.25) is 9.10 Å². The molecule has 0 unspecified atom stereocenters. The molecule has 1 rings (SSSR count). The Hall–Kier alpha value is 0.130. The second kappa shape index (κ2) is 5.72. The number of nitrogens with two attached hydrogens (primary N) is 1. The van der Waals surface area contributed by atoms with Gasteiger partial charge in [-0.05, 0) is 12.8 Å². The second-order valence-corrected chi connectivity index (χ2v) is 5.03. The van der Waals surface area contributed by atoms with E-state index in [2.05, 4.69) is 0 Å². The Kier molecular flexibility index (Phi) is 4.87. The molecule has 0 radical (unpaired) electrons. The first kappa shape index (κ1) is 10.2. The average molecular weight is 206 g/mol. The molecule has 0 spiro atoms. The van der Waals surface area contributed by atoms with Crippen LogP contribution in [0.4, 0.5) is 0 Å². The first-order valence-electron chi connectivity index (χ1n) is 4.14. The van der Waals surface area contributed by atoms with Gasteiger partial charge in [0.15, 0.2) is 0 Å². The molecule has 1 amide bonds. The monoisotopic (exact) mass is 206 g/mol. The van der Waals surface area contributed by atoms with Gasteiger partial charge < -0.3 is 5.73 Å². The lowest BCUT2D eigenvalue weighted by Gasteiger charge is -2.16. The molecule has 0 aromatic carbocycles. The van der Waals surface area contributed by atoms with Crippen molar-refractivity contribution in [1.82, 2.24) is 4.31 Å². The number of carbonyl (C=O) groups excluding carboxylic acids is 1. The van der Waals surface area contributed by atoms with E-state index in [1.54, 1.807) is 21.8 Å². The Labute approximate surface area is 81.0 Å². The normalized spacial score (nSPS) is 18.9. The van der Waals surface area contributed by atoms with Crippen molar-refractivity contribution in [2.24, 2.45) is 5.73 Å². The van der Waals surface area contributed by atoms with Crippen LogP contribution in [0.15, 0.2) is 0 Å². The molecule has 1 aliphatic heterocycles. The fraction of sp³-hybridized carbons (Fsp3) is 0.857. The first-order chi connectivity index (χ1) is 5.84. The lowest BCUT2D eigenvalue weighted by atomic mass is 10.3. The summed E-state index contributed by atoms with van der Waals surface area (Å²) in [4.78, 5) is 11.4. The molecule has 0 bridgehead atoms. The maximum absolute atomic E-state index is 11.4. The molecule has 1 heterocycles. The maximum atomic E-state index is 11.4. The van der Waals surface area contributed by atoms with Gasteiger partial charge in [0.1, 0.15) is 0 Å². The number of rotatable bonds is 2. The molecule has 0 aromatic heterocycles. The predicted octanol–water partition coefficient (Wildman–Crippen LogP) is 1.25. The van der Waals surface area contributed by atoms with Crippen LogP contribution in [0.5, 0.6) is 0 Å². The van der Waals surface area contributed by atoms with E-state index in [1.165, 1.54) is 6.42 Å². The minimum Gasteiger partial charge on any atom is -0.330 e. The standard InChI is InChI=1S/C7H14N2OS2/c8-4-3-7(10)9-5-1-2-6-11-12-9/h1-6,8H2. The van der Waals surface area contributed by atoms with Crippen LogP contribution in [0, 0.1) is 0 Å². The van der Waals surface area contributed by atoms with Gasteiger partial charge in [0.2, 0.25) is 5.91 Å². The van der Waals surface area contributed by atoms with Crippen LogP contribution in [0.3, 0.4) is 0 Å². The zero-order valence-electron chi connectivity index (χ0n) is 6.99. The molecule has 0 aliphatic carbocycles. The van der Waals surface area contributed by atoms with E-state index < -0.39 is 0 Å². The fourth-order valence-electron chi connectivity index (χ4n) is 0.969. The Morgan fingerprint density at radius 1 is 1.50 bits per heavy atom. The second-order valence-electron chi connectivity index (χ2n) is 2.64. The molecule has 1 saturated heterocycles. The number of hydrogen-bond acceptors (Lipinski definition) is 4. The van der Waals surface area contributed by atoms with Crippen molar-refractivity contribution in [3.05, 3.63) is 0 Å². The maximum Gasteiger partial charge on any atom is 0.234 e. The van der Waals surface area contributed by atoms with E-state index in [9.17, 15) is 4.79 Å². The zero-order valence-corrected chi connectivity index (χ0v) is 8.62. The average Bonchev–Trinajstić information content (AvgIpc) is 2.32. The first-order valence-corrected chi connectivity index (χ1v) is 6.42. The highest BCUT2D eigenvalue weighted by atomic mass is 33.1. The third-order valence-corrected chi connectivity index (χ3v) is 4.10. The molecule has 3 nitrogen and oxygen atoms in total. The van der Waals surface area contributed by atoms with Gasteiger partial charge in [-0.2, -0.15) is 0 Å². The molecule has 1 aliphatic rings. The van der Waals surface area contributed by atoms with Gasteiger partial charge >= 0.3 is 0 Å². The van der Waals surface area contributed by atoms with Crippen LogP contribution in [-0.2, 0) is 4.79 Å². The quantitative estimate of drug-likeness (QED) is 0.546. The van der Waals surface area contributed by atoms with Crippen LogP contribution in [-0.4, -0.2) is 29.1 Å². The van der Waals surface area contributed by atoms with Crippen LogP contribution in [0.25, 0.3) is 0 Å².